The fourth-order valence-electron chi connectivity index (χ4n) is 4.65. The molecule has 2 saturated heterocycles. The monoisotopic (exact) mass is 519 g/mol. The molecular weight excluding hydrogens is 490 g/mol. The van der Waals surface area contributed by atoms with Gasteiger partial charge in [-0.1, -0.05) is 67.3 Å². The quantitative estimate of drug-likeness (QED) is 0.364. The summed E-state index contributed by atoms with van der Waals surface area (Å²) in [6, 6.07) is 13.8. The first-order chi connectivity index (χ1) is 17.5. The van der Waals surface area contributed by atoms with Crippen molar-refractivity contribution in [1.82, 2.24) is 19.2 Å². The van der Waals surface area contributed by atoms with Gasteiger partial charge in [0, 0.05) is 38.9 Å². The molecule has 4 heterocycles. The summed E-state index contributed by atoms with van der Waals surface area (Å²) in [7, 11) is 0. The van der Waals surface area contributed by atoms with Crippen molar-refractivity contribution in [2.45, 2.75) is 20.3 Å². The largest absolute Gasteiger partial charge is 0.353 e. The van der Waals surface area contributed by atoms with Crippen LogP contribution >= 0.6 is 24.0 Å². The van der Waals surface area contributed by atoms with Gasteiger partial charge < -0.3 is 9.80 Å². The average molecular weight is 520 g/mol. The number of likely N-dealkylation sites (N-methyl/N-ethyl adjacent to an activating group) is 1. The standard InChI is InChI=1S/C27H29N5O2S2/c1-3-29-14-16-30(17-15-29)24-21(25(33)31-12-7-8-19(2)23(31)28-24)18-22-26(34)32(27(35)36-22)13-11-20-9-5-4-6-10-20/h4-10,12,18H,3,11,13-17H2,1-2H3/b22-18-. The van der Waals surface area contributed by atoms with Crippen LogP contribution in [0.3, 0.4) is 0 Å². The first-order valence-electron chi connectivity index (χ1n) is 12.2. The molecule has 186 valence electrons. The Bertz CT molecular complexity index is 1390. The van der Waals surface area contributed by atoms with E-state index in [1.807, 2.05) is 49.4 Å². The Hall–Kier alpha value is -3.01. The fourth-order valence-corrected chi connectivity index (χ4v) is 5.94. The molecule has 9 heteroatoms. The van der Waals surface area contributed by atoms with Crippen LogP contribution in [0.4, 0.5) is 5.82 Å². The zero-order valence-corrected chi connectivity index (χ0v) is 22.1. The lowest BCUT2D eigenvalue weighted by molar-refractivity contribution is -0.122. The minimum Gasteiger partial charge on any atom is -0.353 e. The van der Waals surface area contributed by atoms with E-state index in [4.69, 9.17) is 17.2 Å². The zero-order valence-electron chi connectivity index (χ0n) is 20.5. The molecule has 0 aliphatic carbocycles. The number of anilines is 1. The normalized spacial score (nSPS) is 18.1. The minimum absolute atomic E-state index is 0.156. The molecule has 7 nitrogen and oxygen atoms in total. The van der Waals surface area contributed by atoms with E-state index >= 15 is 0 Å². The molecule has 2 fully saturated rings. The van der Waals surface area contributed by atoms with Gasteiger partial charge in [0.1, 0.15) is 15.8 Å². The minimum atomic E-state index is -0.175. The number of carbonyl (C=O) groups is 1. The van der Waals surface area contributed by atoms with Crippen molar-refractivity contribution in [3.63, 3.8) is 0 Å². The van der Waals surface area contributed by atoms with Gasteiger partial charge in [0.2, 0.25) is 0 Å². The molecule has 0 unspecified atom stereocenters. The molecule has 1 aromatic carbocycles. The maximum Gasteiger partial charge on any atom is 0.267 e. The summed E-state index contributed by atoms with van der Waals surface area (Å²) in [6.07, 6.45) is 4.15. The van der Waals surface area contributed by atoms with Gasteiger partial charge in [0.15, 0.2) is 0 Å². The van der Waals surface area contributed by atoms with Crippen LogP contribution in [0.15, 0.2) is 58.4 Å². The Morgan fingerprint density at radius 3 is 2.53 bits per heavy atom. The summed E-state index contributed by atoms with van der Waals surface area (Å²) in [5.74, 6) is 0.482. The summed E-state index contributed by atoms with van der Waals surface area (Å²) in [6.45, 7) is 9.00. The van der Waals surface area contributed by atoms with Crippen molar-refractivity contribution in [1.29, 1.82) is 0 Å². The van der Waals surface area contributed by atoms with Gasteiger partial charge in [-0.15, -0.1) is 0 Å². The molecule has 2 aliphatic heterocycles. The average Bonchev–Trinajstić information content (AvgIpc) is 3.17. The molecule has 0 atom stereocenters. The number of aromatic nitrogens is 2. The highest BCUT2D eigenvalue weighted by Crippen LogP contribution is 2.34. The van der Waals surface area contributed by atoms with Crippen molar-refractivity contribution in [3.8, 4) is 0 Å². The number of rotatable bonds is 6. The third-order valence-electron chi connectivity index (χ3n) is 6.80. The predicted octanol–water partition coefficient (Wildman–Crippen LogP) is 3.59. The van der Waals surface area contributed by atoms with Crippen LogP contribution in [0.5, 0.6) is 0 Å². The summed E-state index contributed by atoms with van der Waals surface area (Å²) < 4.78 is 2.09. The lowest BCUT2D eigenvalue weighted by Crippen LogP contribution is -2.47. The summed E-state index contributed by atoms with van der Waals surface area (Å²) >= 11 is 6.80. The van der Waals surface area contributed by atoms with Crippen LogP contribution in [0.1, 0.15) is 23.6 Å². The second-order valence-corrected chi connectivity index (χ2v) is 10.7. The maximum atomic E-state index is 13.7. The SMILES string of the molecule is CCN1CCN(c2nc3c(C)cccn3c(=O)c2/C=C2\SC(=S)N(CCc3ccccc3)C2=O)CC1. The molecule has 0 radical (unpaired) electrons. The second-order valence-electron chi connectivity index (χ2n) is 9.03. The molecule has 0 bridgehead atoms. The van der Waals surface area contributed by atoms with Crippen LogP contribution in [-0.4, -0.2) is 68.7 Å². The third-order valence-corrected chi connectivity index (χ3v) is 8.18. The first kappa shape index (κ1) is 24.7. The number of pyridine rings is 1. The molecule has 2 aromatic heterocycles. The smallest absolute Gasteiger partial charge is 0.267 e. The first-order valence-corrected chi connectivity index (χ1v) is 13.5. The lowest BCUT2D eigenvalue weighted by atomic mass is 10.1. The van der Waals surface area contributed by atoms with Gasteiger partial charge in [0.05, 0.1) is 10.5 Å². The van der Waals surface area contributed by atoms with Crippen LogP contribution in [0, 0.1) is 6.92 Å². The highest BCUT2D eigenvalue weighted by atomic mass is 32.2. The van der Waals surface area contributed by atoms with E-state index in [0.29, 0.717) is 39.2 Å². The Morgan fingerprint density at radius 2 is 1.81 bits per heavy atom. The number of hydrogen-bond donors (Lipinski definition) is 0. The predicted molar refractivity (Wildman–Crippen MR) is 151 cm³/mol. The van der Waals surface area contributed by atoms with E-state index in [-0.39, 0.29) is 11.5 Å². The topological polar surface area (TPSA) is 61.2 Å². The van der Waals surface area contributed by atoms with Crippen molar-refractivity contribution in [2.24, 2.45) is 0 Å². The van der Waals surface area contributed by atoms with Gasteiger partial charge in [0.25, 0.3) is 11.5 Å². The van der Waals surface area contributed by atoms with Crippen molar-refractivity contribution >= 4 is 51.7 Å². The number of amides is 1. The van der Waals surface area contributed by atoms with E-state index in [1.165, 1.54) is 11.8 Å². The molecule has 0 N–H and O–H groups in total. The van der Waals surface area contributed by atoms with Crippen molar-refractivity contribution < 1.29 is 4.79 Å². The van der Waals surface area contributed by atoms with Crippen LogP contribution in [-0.2, 0) is 11.2 Å². The number of fused-ring (bicyclic) bond motifs is 1. The van der Waals surface area contributed by atoms with Crippen molar-refractivity contribution in [2.75, 3.05) is 44.2 Å². The highest BCUT2D eigenvalue weighted by Gasteiger charge is 2.33. The fraction of sp³-hybridized carbons (Fsp3) is 0.333. The maximum absolute atomic E-state index is 13.7. The highest BCUT2D eigenvalue weighted by molar-refractivity contribution is 8.26. The Labute approximate surface area is 220 Å². The Kier molecular flexibility index (Phi) is 7.22. The number of hydrogen-bond acceptors (Lipinski definition) is 7. The van der Waals surface area contributed by atoms with Gasteiger partial charge in [-0.2, -0.15) is 0 Å². The van der Waals surface area contributed by atoms with Gasteiger partial charge in [-0.25, -0.2) is 4.98 Å². The molecule has 0 spiro atoms. The lowest BCUT2D eigenvalue weighted by Gasteiger charge is -2.35. The van der Waals surface area contributed by atoms with E-state index in [0.717, 1.165) is 43.9 Å². The van der Waals surface area contributed by atoms with E-state index < -0.39 is 0 Å². The summed E-state index contributed by atoms with van der Waals surface area (Å²) in [4.78, 5) is 38.6. The van der Waals surface area contributed by atoms with Gasteiger partial charge >= 0.3 is 0 Å². The zero-order chi connectivity index (χ0) is 25.2. The number of benzene rings is 1. The number of nitrogens with zero attached hydrogens (tertiary/aromatic N) is 5. The molecule has 5 rings (SSSR count). The van der Waals surface area contributed by atoms with Gasteiger partial charge in [-0.3, -0.25) is 18.9 Å². The number of piperazine rings is 1. The number of carbonyl (C=O) groups excluding carboxylic acids is 1. The van der Waals surface area contributed by atoms with Crippen LogP contribution in [0.2, 0.25) is 0 Å². The van der Waals surface area contributed by atoms with Crippen LogP contribution < -0.4 is 10.5 Å². The van der Waals surface area contributed by atoms with Gasteiger partial charge in [-0.05, 0) is 43.2 Å². The Balaban J connectivity index is 1.51. The van der Waals surface area contributed by atoms with Crippen molar-refractivity contribution in [3.05, 3.63) is 80.6 Å². The molecule has 3 aromatic rings. The summed E-state index contributed by atoms with van der Waals surface area (Å²) in [5, 5.41) is 0. The van der Waals surface area contributed by atoms with E-state index in [9.17, 15) is 9.59 Å². The molecule has 36 heavy (non-hydrogen) atoms. The number of thioether (sulfide) groups is 1. The molecule has 0 saturated carbocycles. The molecular formula is C27H29N5O2S2. The summed E-state index contributed by atoms with van der Waals surface area (Å²) in [5.41, 5.74) is 2.99. The molecule has 1 amide bonds. The van der Waals surface area contributed by atoms with E-state index in [1.54, 1.807) is 21.6 Å². The number of aryl methyl sites for hydroxylation is 1. The number of thiocarbonyl (C=S) groups is 1. The Morgan fingerprint density at radius 1 is 1.06 bits per heavy atom. The third kappa shape index (κ3) is 4.83. The van der Waals surface area contributed by atoms with E-state index in [2.05, 4.69) is 16.7 Å². The molecule has 2 aliphatic rings. The van der Waals surface area contributed by atoms with Crippen LogP contribution in [0.25, 0.3) is 11.7 Å². The second kappa shape index (κ2) is 10.5.